The number of rotatable bonds is 4. The summed E-state index contributed by atoms with van der Waals surface area (Å²) in [5.74, 6) is -0.162. The van der Waals surface area contributed by atoms with Crippen LogP contribution in [-0.4, -0.2) is 10.9 Å². The van der Waals surface area contributed by atoms with Gasteiger partial charge in [-0.05, 0) is 23.8 Å². The minimum Gasteiger partial charge on any atom is -0.347 e. The van der Waals surface area contributed by atoms with Crippen molar-refractivity contribution in [2.24, 2.45) is 0 Å². The largest absolute Gasteiger partial charge is 0.347 e. The topological polar surface area (TPSA) is 42.0 Å². The monoisotopic (exact) mass is 344 g/mol. The van der Waals surface area contributed by atoms with Crippen molar-refractivity contribution >= 4 is 27.3 Å². The van der Waals surface area contributed by atoms with E-state index in [0.717, 1.165) is 16.8 Å². The fourth-order valence-corrected chi connectivity index (χ4v) is 3.71. The predicted molar refractivity (Wildman–Crippen MR) is 103 cm³/mol. The lowest BCUT2D eigenvalue weighted by Gasteiger charge is -2.06. The van der Waals surface area contributed by atoms with Crippen molar-refractivity contribution in [1.29, 1.82) is 0 Å². The van der Waals surface area contributed by atoms with Gasteiger partial charge in [0.25, 0.3) is 5.91 Å². The van der Waals surface area contributed by atoms with Crippen LogP contribution in [0.3, 0.4) is 0 Å². The van der Waals surface area contributed by atoms with E-state index in [2.05, 4.69) is 27.8 Å². The van der Waals surface area contributed by atoms with Crippen LogP contribution < -0.4 is 5.32 Å². The van der Waals surface area contributed by atoms with E-state index in [9.17, 15) is 4.79 Å². The first kappa shape index (κ1) is 15.5. The smallest absolute Gasteiger partial charge is 0.270 e. The quantitative estimate of drug-likeness (QED) is 0.572. The number of hydrogen-bond donors (Lipinski definition) is 1. The molecule has 2 heterocycles. The molecule has 122 valence electrons. The van der Waals surface area contributed by atoms with Gasteiger partial charge in [0.2, 0.25) is 0 Å². The molecule has 0 aliphatic heterocycles. The standard InChI is InChI=1S/C21H16N2OS/c24-21(22-13-15-7-2-1-3-8-15)19-11-6-10-18(23-19)17-14-25-20-12-5-4-9-16(17)20/h1-12,14H,13H2,(H,22,24). The fourth-order valence-electron chi connectivity index (χ4n) is 2.76. The molecule has 0 saturated carbocycles. The number of benzene rings is 2. The van der Waals surface area contributed by atoms with Gasteiger partial charge in [-0.25, -0.2) is 4.98 Å². The van der Waals surface area contributed by atoms with Gasteiger partial charge in [-0.2, -0.15) is 0 Å². The van der Waals surface area contributed by atoms with Crippen molar-refractivity contribution in [3.8, 4) is 11.3 Å². The van der Waals surface area contributed by atoms with Crippen molar-refractivity contribution in [2.45, 2.75) is 6.54 Å². The van der Waals surface area contributed by atoms with Gasteiger partial charge in [-0.1, -0.05) is 54.6 Å². The third-order valence-electron chi connectivity index (χ3n) is 4.03. The van der Waals surface area contributed by atoms with Crippen LogP contribution in [0.5, 0.6) is 0 Å². The number of pyridine rings is 1. The normalized spacial score (nSPS) is 10.7. The van der Waals surface area contributed by atoms with Crippen LogP contribution >= 0.6 is 11.3 Å². The third-order valence-corrected chi connectivity index (χ3v) is 5.00. The van der Waals surface area contributed by atoms with E-state index in [1.54, 1.807) is 17.4 Å². The summed E-state index contributed by atoms with van der Waals surface area (Å²) in [6.45, 7) is 0.493. The molecule has 2 aromatic heterocycles. The maximum absolute atomic E-state index is 12.4. The van der Waals surface area contributed by atoms with E-state index >= 15 is 0 Å². The Morgan fingerprint density at radius 3 is 2.60 bits per heavy atom. The van der Waals surface area contributed by atoms with Gasteiger partial charge in [0.05, 0.1) is 5.69 Å². The number of carbonyl (C=O) groups excluding carboxylic acids is 1. The molecule has 3 nitrogen and oxygen atoms in total. The number of aromatic nitrogens is 1. The highest BCUT2D eigenvalue weighted by Crippen LogP contribution is 2.32. The summed E-state index contributed by atoms with van der Waals surface area (Å²) in [6, 6.07) is 23.7. The maximum Gasteiger partial charge on any atom is 0.270 e. The van der Waals surface area contributed by atoms with Gasteiger partial charge in [0, 0.05) is 27.6 Å². The Morgan fingerprint density at radius 2 is 1.72 bits per heavy atom. The average molecular weight is 344 g/mol. The van der Waals surface area contributed by atoms with Crippen LogP contribution in [0.1, 0.15) is 16.1 Å². The third kappa shape index (κ3) is 3.30. The summed E-state index contributed by atoms with van der Waals surface area (Å²) >= 11 is 1.69. The molecule has 4 heteroatoms. The number of nitrogens with zero attached hydrogens (tertiary/aromatic N) is 1. The summed E-state index contributed by atoms with van der Waals surface area (Å²) in [6.07, 6.45) is 0. The molecule has 0 spiro atoms. The van der Waals surface area contributed by atoms with E-state index < -0.39 is 0 Å². The van der Waals surface area contributed by atoms with E-state index in [-0.39, 0.29) is 5.91 Å². The lowest BCUT2D eigenvalue weighted by atomic mass is 10.1. The maximum atomic E-state index is 12.4. The Kier molecular flexibility index (Phi) is 4.27. The minimum absolute atomic E-state index is 0.162. The van der Waals surface area contributed by atoms with E-state index in [0.29, 0.717) is 12.2 Å². The molecular formula is C21H16N2OS. The molecule has 0 radical (unpaired) electrons. The molecule has 0 atom stereocenters. The molecule has 2 aromatic carbocycles. The van der Waals surface area contributed by atoms with Crippen molar-refractivity contribution in [3.05, 3.63) is 89.4 Å². The molecule has 0 saturated heterocycles. The van der Waals surface area contributed by atoms with Crippen molar-refractivity contribution in [1.82, 2.24) is 10.3 Å². The van der Waals surface area contributed by atoms with E-state index in [1.807, 2.05) is 54.6 Å². The van der Waals surface area contributed by atoms with Gasteiger partial charge in [0.15, 0.2) is 0 Å². The van der Waals surface area contributed by atoms with Gasteiger partial charge < -0.3 is 5.32 Å². The molecule has 0 aliphatic carbocycles. The summed E-state index contributed by atoms with van der Waals surface area (Å²) in [4.78, 5) is 17.0. The SMILES string of the molecule is O=C(NCc1ccccc1)c1cccc(-c2csc3ccccc23)n1. The fraction of sp³-hybridized carbons (Fsp3) is 0.0476. The second-order valence-electron chi connectivity index (χ2n) is 5.72. The second-order valence-corrected chi connectivity index (χ2v) is 6.63. The molecule has 0 aliphatic rings. The van der Waals surface area contributed by atoms with Crippen LogP contribution in [0.2, 0.25) is 0 Å². The van der Waals surface area contributed by atoms with Crippen LogP contribution in [0, 0.1) is 0 Å². The summed E-state index contributed by atoms with van der Waals surface area (Å²) < 4.78 is 1.22. The lowest BCUT2D eigenvalue weighted by molar-refractivity contribution is 0.0946. The van der Waals surface area contributed by atoms with Gasteiger partial charge in [-0.15, -0.1) is 11.3 Å². The summed E-state index contributed by atoms with van der Waals surface area (Å²) in [5.41, 5.74) is 3.39. The van der Waals surface area contributed by atoms with Crippen LogP contribution in [0.25, 0.3) is 21.3 Å². The van der Waals surface area contributed by atoms with Crippen molar-refractivity contribution in [2.75, 3.05) is 0 Å². The zero-order chi connectivity index (χ0) is 17.1. The predicted octanol–water partition coefficient (Wildman–Crippen LogP) is 4.89. The second kappa shape index (κ2) is 6.87. The number of fused-ring (bicyclic) bond motifs is 1. The van der Waals surface area contributed by atoms with Gasteiger partial charge in [-0.3, -0.25) is 4.79 Å². The number of hydrogen-bond acceptors (Lipinski definition) is 3. The molecule has 0 unspecified atom stereocenters. The zero-order valence-corrected chi connectivity index (χ0v) is 14.3. The van der Waals surface area contributed by atoms with Crippen molar-refractivity contribution in [3.63, 3.8) is 0 Å². The minimum atomic E-state index is -0.162. The Hall–Kier alpha value is -2.98. The highest BCUT2D eigenvalue weighted by Gasteiger charge is 2.11. The Morgan fingerprint density at radius 1 is 0.920 bits per heavy atom. The molecular weight excluding hydrogens is 328 g/mol. The first-order valence-corrected chi connectivity index (χ1v) is 8.95. The summed E-state index contributed by atoms with van der Waals surface area (Å²) in [7, 11) is 0. The number of nitrogens with one attached hydrogen (secondary N) is 1. The Labute approximate surface area is 150 Å². The molecule has 25 heavy (non-hydrogen) atoms. The van der Waals surface area contributed by atoms with E-state index in [4.69, 9.17) is 0 Å². The van der Waals surface area contributed by atoms with Crippen LogP contribution in [0.15, 0.2) is 78.2 Å². The highest BCUT2D eigenvalue weighted by atomic mass is 32.1. The number of amides is 1. The van der Waals surface area contributed by atoms with Crippen LogP contribution in [-0.2, 0) is 6.54 Å². The lowest BCUT2D eigenvalue weighted by Crippen LogP contribution is -2.23. The first-order chi connectivity index (χ1) is 12.3. The molecule has 1 N–H and O–H groups in total. The zero-order valence-electron chi connectivity index (χ0n) is 13.5. The van der Waals surface area contributed by atoms with Gasteiger partial charge >= 0.3 is 0 Å². The number of thiophene rings is 1. The van der Waals surface area contributed by atoms with E-state index in [1.165, 1.54) is 10.1 Å². The molecule has 4 aromatic rings. The summed E-state index contributed by atoms with van der Waals surface area (Å²) in [5, 5.41) is 6.19. The highest BCUT2D eigenvalue weighted by molar-refractivity contribution is 7.17. The van der Waals surface area contributed by atoms with Crippen molar-refractivity contribution < 1.29 is 4.79 Å². The van der Waals surface area contributed by atoms with Gasteiger partial charge in [0.1, 0.15) is 5.69 Å². The molecule has 0 bridgehead atoms. The Bertz CT molecular complexity index is 1020. The van der Waals surface area contributed by atoms with Crippen LogP contribution in [0.4, 0.5) is 0 Å². The molecule has 4 rings (SSSR count). The average Bonchev–Trinajstić information content (AvgIpc) is 3.11. The Balaban J connectivity index is 1.58. The first-order valence-electron chi connectivity index (χ1n) is 8.07. The molecule has 1 amide bonds. The number of carbonyl (C=O) groups is 1. The molecule has 0 fully saturated rings.